The van der Waals surface area contributed by atoms with Crippen LogP contribution in [0.15, 0.2) is 77.9 Å². The maximum absolute atomic E-state index is 14.5. The van der Waals surface area contributed by atoms with Crippen LogP contribution in [0.2, 0.25) is 0 Å². The van der Waals surface area contributed by atoms with Gasteiger partial charge in [0.05, 0.1) is 5.56 Å². The Hall–Kier alpha value is -4.66. The van der Waals surface area contributed by atoms with Crippen molar-refractivity contribution in [3.8, 4) is 22.6 Å². The molecule has 3 heterocycles. The van der Waals surface area contributed by atoms with E-state index >= 15 is 0 Å². The fraction of sp³-hybridized carbons (Fsp3) is 0.0417. The van der Waals surface area contributed by atoms with E-state index in [0.29, 0.717) is 5.56 Å². The van der Waals surface area contributed by atoms with E-state index in [1.807, 2.05) is 25.1 Å². The Morgan fingerprint density at radius 1 is 1.09 bits per heavy atom. The van der Waals surface area contributed by atoms with E-state index in [9.17, 15) is 14.0 Å². The smallest absolute Gasteiger partial charge is 0.270 e. The molecular formula is C24H17FN6O2. The molecule has 0 saturated carbocycles. The van der Waals surface area contributed by atoms with Crippen LogP contribution in [0.1, 0.15) is 15.9 Å². The van der Waals surface area contributed by atoms with Gasteiger partial charge in [-0.2, -0.15) is 9.77 Å². The largest absolute Gasteiger partial charge is 0.298 e. The maximum Gasteiger partial charge on any atom is 0.298 e. The molecule has 2 N–H and O–H groups in total. The number of pyridine rings is 1. The Morgan fingerprint density at radius 3 is 2.70 bits per heavy atom. The van der Waals surface area contributed by atoms with Gasteiger partial charge in [0.2, 0.25) is 0 Å². The van der Waals surface area contributed by atoms with Gasteiger partial charge in [-0.1, -0.05) is 35.9 Å². The monoisotopic (exact) mass is 440 g/mol. The number of halogens is 1. The molecule has 5 rings (SSSR count). The van der Waals surface area contributed by atoms with Gasteiger partial charge in [0.15, 0.2) is 11.3 Å². The molecule has 33 heavy (non-hydrogen) atoms. The number of benzene rings is 2. The molecule has 0 spiro atoms. The number of aryl methyl sites for hydroxylation is 1. The Kier molecular flexibility index (Phi) is 4.98. The Balaban J connectivity index is 1.75. The minimum atomic E-state index is -0.580. The predicted octanol–water partition coefficient (Wildman–Crippen LogP) is 3.68. The molecule has 9 heteroatoms. The van der Waals surface area contributed by atoms with Crippen molar-refractivity contribution in [3.63, 3.8) is 0 Å². The van der Waals surface area contributed by atoms with Gasteiger partial charge in [0.25, 0.3) is 11.5 Å². The second-order valence-electron chi connectivity index (χ2n) is 7.40. The fourth-order valence-corrected chi connectivity index (χ4v) is 3.54. The van der Waals surface area contributed by atoms with Gasteiger partial charge in [-0.15, -0.1) is 0 Å². The van der Waals surface area contributed by atoms with Crippen molar-refractivity contribution in [3.05, 3.63) is 100 Å². The van der Waals surface area contributed by atoms with E-state index in [0.717, 1.165) is 10.2 Å². The Bertz CT molecular complexity index is 1560. The first kappa shape index (κ1) is 20.3. The van der Waals surface area contributed by atoms with Gasteiger partial charge in [0.1, 0.15) is 17.0 Å². The van der Waals surface area contributed by atoms with Crippen LogP contribution in [0.5, 0.6) is 0 Å². The fourth-order valence-electron chi connectivity index (χ4n) is 3.54. The van der Waals surface area contributed by atoms with E-state index < -0.39 is 17.3 Å². The third-order valence-electron chi connectivity index (χ3n) is 5.13. The number of aromatic amines is 1. The summed E-state index contributed by atoms with van der Waals surface area (Å²) in [5.74, 6) is -0.833. The number of H-pyrrole nitrogens is 1. The predicted molar refractivity (Wildman–Crippen MR) is 122 cm³/mol. The third-order valence-corrected chi connectivity index (χ3v) is 5.13. The minimum Gasteiger partial charge on any atom is -0.270 e. The summed E-state index contributed by atoms with van der Waals surface area (Å²) in [7, 11) is 0. The van der Waals surface area contributed by atoms with Gasteiger partial charge < -0.3 is 0 Å². The van der Waals surface area contributed by atoms with Crippen LogP contribution in [0.25, 0.3) is 33.7 Å². The third kappa shape index (κ3) is 3.65. The van der Waals surface area contributed by atoms with E-state index in [1.54, 1.807) is 42.6 Å². The topological polar surface area (TPSA) is 106 Å². The highest BCUT2D eigenvalue weighted by atomic mass is 19.1. The molecule has 0 saturated heterocycles. The molecule has 0 bridgehead atoms. The molecule has 1 amide bonds. The van der Waals surface area contributed by atoms with E-state index in [1.165, 1.54) is 12.3 Å². The van der Waals surface area contributed by atoms with Crippen molar-refractivity contribution in [2.24, 2.45) is 0 Å². The van der Waals surface area contributed by atoms with Crippen molar-refractivity contribution in [1.29, 1.82) is 0 Å². The van der Waals surface area contributed by atoms with Crippen LogP contribution in [0.3, 0.4) is 0 Å². The number of aromatic nitrogens is 5. The lowest BCUT2D eigenvalue weighted by Crippen LogP contribution is -2.35. The number of hydrogen-bond donors (Lipinski definition) is 2. The van der Waals surface area contributed by atoms with Gasteiger partial charge in [0, 0.05) is 23.5 Å². The second kappa shape index (κ2) is 8.12. The summed E-state index contributed by atoms with van der Waals surface area (Å²) in [6.45, 7) is 1.90. The standard InChI is InChI=1S/C24H17FN6O2/c1-14-6-4-7-15(12-14)22-27-20-19(17-9-2-3-10-18(17)25)28-29-21(20)24(33)31(22)30-23(32)16-8-5-11-26-13-16/h2-13H,1H3,(H,28,29)(H,30,32). The number of carbonyl (C=O) groups excluding carboxylic acids is 1. The molecule has 0 radical (unpaired) electrons. The molecule has 0 aliphatic rings. The van der Waals surface area contributed by atoms with Crippen LogP contribution < -0.4 is 11.0 Å². The molecule has 0 aliphatic heterocycles. The molecule has 0 atom stereocenters. The van der Waals surface area contributed by atoms with Gasteiger partial charge >= 0.3 is 0 Å². The number of hydrogen-bond acceptors (Lipinski definition) is 5. The van der Waals surface area contributed by atoms with Crippen molar-refractivity contribution in [2.45, 2.75) is 6.92 Å². The van der Waals surface area contributed by atoms with Crippen molar-refractivity contribution in [1.82, 2.24) is 24.8 Å². The lowest BCUT2D eigenvalue weighted by atomic mass is 10.1. The van der Waals surface area contributed by atoms with E-state index in [2.05, 4.69) is 25.6 Å². The van der Waals surface area contributed by atoms with Gasteiger partial charge in [-0.05, 0) is 37.3 Å². The highest BCUT2D eigenvalue weighted by Crippen LogP contribution is 2.27. The average Bonchev–Trinajstić information content (AvgIpc) is 3.25. The maximum atomic E-state index is 14.5. The molecule has 0 aliphatic carbocycles. The molecule has 0 fully saturated rings. The molecule has 2 aromatic carbocycles. The number of carbonyl (C=O) groups is 1. The summed E-state index contributed by atoms with van der Waals surface area (Å²) in [4.78, 5) is 34.8. The first-order valence-electron chi connectivity index (χ1n) is 10.1. The van der Waals surface area contributed by atoms with Crippen LogP contribution >= 0.6 is 0 Å². The normalized spacial score (nSPS) is 11.0. The van der Waals surface area contributed by atoms with Crippen LogP contribution in [0.4, 0.5) is 4.39 Å². The Labute approximate surface area is 186 Å². The van der Waals surface area contributed by atoms with Crippen molar-refractivity contribution < 1.29 is 9.18 Å². The molecule has 8 nitrogen and oxygen atoms in total. The first-order chi connectivity index (χ1) is 16.0. The zero-order chi connectivity index (χ0) is 22.9. The summed E-state index contributed by atoms with van der Waals surface area (Å²) in [5.41, 5.74) is 4.50. The summed E-state index contributed by atoms with van der Waals surface area (Å²) in [6, 6.07) is 16.7. The van der Waals surface area contributed by atoms with Crippen LogP contribution in [0, 0.1) is 12.7 Å². The first-order valence-corrected chi connectivity index (χ1v) is 10.1. The van der Waals surface area contributed by atoms with E-state index in [-0.39, 0.29) is 33.7 Å². The highest BCUT2D eigenvalue weighted by Gasteiger charge is 2.21. The molecule has 162 valence electrons. The second-order valence-corrected chi connectivity index (χ2v) is 7.40. The molecular weight excluding hydrogens is 423 g/mol. The van der Waals surface area contributed by atoms with Crippen molar-refractivity contribution in [2.75, 3.05) is 5.43 Å². The molecule has 3 aromatic heterocycles. The summed E-state index contributed by atoms with van der Waals surface area (Å²) < 4.78 is 15.5. The minimum absolute atomic E-state index is 0.0381. The van der Waals surface area contributed by atoms with E-state index in [4.69, 9.17) is 0 Å². The number of nitrogens with one attached hydrogen (secondary N) is 2. The lowest BCUT2D eigenvalue weighted by molar-refractivity contribution is 0.101. The quantitative estimate of drug-likeness (QED) is 0.444. The summed E-state index contributed by atoms with van der Waals surface area (Å²) in [6.07, 6.45) is 2.94. The lowest BCUT2D eigenvalue weighted by Gasteiger charge is -2.14. The molecule has 0 unspecified atom stereocenters. The van der Waals surface area contributed by atoms with Gasteiger partial charge in [-0.3, -0.25) is 25.1 Å². The number of fused-ring (bicyclic) bond motifs is 1. The SMILES string of the molecule is Cc1cccc(-c2nc3c(-c4ccccc4F)n[nH]c3c(=O)n2NC(=O)c2cccnc2)c1. The van der Waals surface area contributed by atoms with Gasteiger partial charge in [-0.25, -0.2) is 9.37 Å². The zero-order valence-electron chi connectivity index (χ0n) is 17.4. The van der Waals surface area contributed by atoms with Crippen LogP contribution in [-0.4, -0.2) is 30.7 Å². The summed E-state index contributed by atoms with van der Waals surface area (Å²) in [5, 5.41) is 6.80. The molecule has 5 aromatic rings. The zero-order valence-corrected chi connectivity index (χ0v) is 17.4. The van der Waals surface area contributed by atoms with Crippen LogP contribution in [-0.2, 0) is 0 Å². The number of amides is 1. The van der Waals surface area contributed by atoms with Crippen molar-refractivity contribution >= 4 is 16.9 Å². The highest BCUT2D eigenvalue weighted by molar-refractivity contribution is 6.00. The summed E-state index contributed by atoms with van der Waals surface area (Å²) >= 11 is 0. The average molecular weight is 440 g/mol. The Morgan fingerprint density at radius 2 is 1.94 bits per heavy atom. The number of nitrogens with zero attached hydrogens (tertiary/aromatic N) is 4. The number of rotatable bonds is 4.